The van der Waals surface area contributed by atoms with Crippen LogP contribution in [0.1, 0.15) is 23.2 Å². The van der Waals surface area contributed by atoms with Crippen molar-refractivity contribution >= 4 is 50.5 Å². The summed E-state index contributed by atoms with van der Waals surface area (Å²) in [6.45, 7) is 0.662. The van der Waals surface area contributed by atoms with Gasteiger partial charge in [-0.25, -0.2) is 8.42 Å². The number of ether oxygens (including phenoxy) is 1. The number of para-hydroxylation sites is 1. The Balaban J connectivity index is 1.55. The van der Waals surface area contributed by atoms with E-state index in [4.69, 9.17) is 16.3 Å². The average Bonchev–Trinajstić information content (AvgIpc) is 3.26. The standard InChI is InChI=1S/C24H22ClN3O5S/c1-33-21-13-10-17(15-22(21)34(31,32)27-20-6-3-2-5-19(20)25)26-24(30)16-8-11-18(12-9-16)28-14-4-7-23(28)29/h2-3,5-6,8-13,15,27H,4,7,14H2,1H3,(H,26,30). The topological polar surface area (TPSA) is 105 Å². The lowest BCUT2D eigenvalue weighted by Gasteiger charge is -2.16. The van der Waals surface area contributed by atoms with E-state index in [1.807, 2.05) is 0 Å². The molecule has 0 aliphatic carbocycles. The number of carbonyl (C=O) groups excluding carboxylic acids is 2. The lowest BCUT2D eigenvalue weighted by atomic mass is 10.1. The van der Waals surface area contributed by atoms with Crippen LogP contribution in [0.3, 0.4) is 0 Å². The summed E-state index contributed by atoms with van der Waals surface area (Å²) in [6.07, 6.45) is 1.34. The Morgan fingerprint density at radius 1 is 1.06 bits per heavy atom. The van der Waals surface area contributed by atoms with E-state index >= 15 is 0 Å². The summed E-state index contributed by atoms with van der Waals surface area (Å²) < 4.78 is 33.7. The molecule has 34 heavy (non-hydrogen) atoms. The fourth-order valence-corrected chi connectivity index (χ4v) is 5.14. The first kappa shape index (κ1) is 23.6. The summed E-state index contributed by atoms with van der Waals surface area (Å²) in [5.74, 6) is -0.251. The average molecular weight is 500 g/mol. The molecule has 1 fully saturated rings. The Labute approximate surface area is 202 Å². The number of hydrogen-bond donors (Lipinski definition) is 2. The molecule has 3 aromatic rings. The number of rotatable bonds is 7. The molecule has 8 nitrogen and oxygen atoms in total. The number of carbonyl (C=O) groups is 2. The van der Waals surface area contributed by atoms with Gasteiger partial charge >= 0.3 is 0 Å². The monoisotopic (exact) mass is 499 g/mol. The van der Waals surface area contributed by atoms with Crippen LogP contribution in [-0.4, -0.2) is 33.9 Å². The molecule has 10 heteroatoms. The van der Waals surface area contributed by atoms with E-state index in [0.29, 0.717) is 18.5 Å². The highest BCUT2D eigenvalue weighted by molar-refractivity contribution is 7.92. The summed E-state index contributed by atoms with van der Waals surface area (Å²) in [5.41, 5.74) is 1.59. The van der Waals surface area contributed by atoms with Gasteiger partial charge in [0.25, 0.3) is 15.9 Å². The van der Waals surface area contributed by atoms with Gasteiger partial charge in [-0.3, -0.25) is 14.3 Å². The molecule has 1 aliphatic rings. The third kappa shape index (κ3) is 5.00. The van der Waals surface area contributed by atoms with Crippen molar-refractivity contribution in [3.8, 4) is 5.75 Å². The minimum atomic E-state index is -4.07. The van der Waals surface area contributed by atoms with E-state index in [0.717, 1.165) is 12.1 Å². The number of sulfonamides is 1. The second-order valence-electron chi connectivity index (χ2n) is 7.60. The minimum absolute atomic E-state index is 0.0644. The number of halogens is 1. The Kier molecular flexibility index (Phi) is 6.76. The van der Waals surface area contributed by atoms with Crippen LogP contribution < -0.4 is 19.7 Å². The maximum atomic E-state index is 13.0. The third-order valence-corrected chi connectivity index (χ3v) is 7.06. The van der Waals surface area contributed by atoms with Gasteiger partial charge in [0.2, 0.25) is 5.91 Å². The largest absolute Gasteiger partial charge is 0.495 e. The second kappa shape index (κ2) is 9.74. The predicted molar refractivity (Wildman–Crippen MR) is 131 cm³/mol. The maximum Gasteiger partial charge on any atom is 0.265 e. The number of benzene rings is 3. The first-order valence-electron chi connectivity index (χ1n) is 10.5. The molecule has 1 saturated heterocycles. The van der Waals surface area contributed by atoms with Crippen LogP contribution >= 0.6 is 11.6 Å². The van der Waals surface area contributed by atoms with E-state index in [9.17, 15) is 18.0 Å². The molecule has 2 N–H and O–H groups in total. The Morgan fingerprint density at radius 2 is 1.79 bits per heavy atom. The zero-order valence-corrected chi connectivity index (χ0v) is 19.8. The highest BCUT2D eigenvalue weighted by Crippen LogP contribution is 2.31. The van der Waals surface area contributed by atoms with Crippen LogP contribution in [0.25, 0.3) is 0 Å². The fraction of sp³-hybridized carbons (Fsp3) is 0.167. The van der Waals surface area contributed by atoms with Gasteiger partial charge in [0.1, 0.15) is 10.6 Å². The van der Waals surface area contributed by atoms with Gasteiger partial charge in [0, 0.05) is 29.9 Å². The molecule has 0 aromatic heterocycles. The lowest BCUT2D eigenvalue weighted by molar-refractivity contribution is -0.117. The summed E-state index contributed by atoms with van der Waals surface area (Å²) >= 11 is 6.08. The van der Waals surface area contributed by atoms with Gasteiger partial charge < -0.3 is 15.0 Å². The molecule has 0 unspecified atom stereocenters. The van der Waals surface area contributed by atoms with Crippen LogP contribution in [0.2, 0.25) is 5.02 Å². The van der Waals surface area contributed by atoms with Crippen LogP contribution in [0.5, 0.6) is 5.75 Å². The van der Waals surface area contributed by atoms with Gasteiger partial charge in [0.05, 0.1) is 17.8 Å². The quantitative estimate of drug-likeness (QED) is 0.497. The molecule has 0 radical (unpaired) electrons. The van der Waals surface area contributed by atoms with E-state index in [1.165, 1.54) is 25.3 Å². The van der Waals surface area contributed by atoms with Crippen molar-refractivity contribution in [2.24, 2.45) is 0 Å². The number of anilines is 3. The first-order valence-corrected chi connectivity index (χ1v) is 12.3. The van der Waals surface area contributed by atoms with E-state index in [1.54, 1.807) is 53.4 Å². The number of nitrogens with one attached hydrogen (secondary N) is 2. The fourth-order valence-electron chi connectivity index (χ4n) is 3.63. The summed E-state index contributed by atoms with van der Waals surface area (Å²) in [6, 6.07) is 17.4. The van der Waals surface area contributed by atoms with E-state index < -0.39 is 15.9 Å². The lowest BCUT2D eigenvalue weighted by Crippen LogP contribution is -2.23. The predicted octanol–water partition coefficient (Wildman–Crippen LogP) is 4.53. The highest BCUT2D eigenvalue weighted by atomic mass is 35.5. The molecule has 1 heterocycles. The summed E-state index contributed by atoms with van der Waals surface area (Å²) in [7, 11) is -2.71. The first-order chi connectivity index (χ1) is 16.3. The van der Waals surface area contributed by atoms with Gasteiger partial charge in [-0.1, -0.05) is 23.7 Å². The van der Waals surface area contributed by atoms with Crippen molar-refractivity contribution in [1.82, 2.24) is 0 Å². The number of methoxy groups -OCH3 is 1. The highest BCUT2D eigenvalue weighted by Gasteiger charge is 2.23. The van der Waals surface area contributed by atoms with Crippen LogP contribution in [0.4, 0.5) is 17.1 Å². The number of hydrogen-bond acceptors (Lipinski definition) is 5. The molecule has 176 valence electrons. The number of amides is 2. The maximum absolute atomic E-state index is 13.0. The molecule has 0 spiro atoms. The van der Waals surface area contributed by atoms with Crippen molar-refractivity contribution in [3.05, 3.63) is 77.3 Å². The third-order valence-electron chi connectivity index (χ3n) is 5.34. The normalized spacial score (nSPS) is 13.6. The molecule has 3 aromatic carbocycles. The van der Waals surface area contributed by atoms with Crippen LogP contribution in [0.15, 0.2) is 71.6 Å². The van der Waals surface area contributed by atoms with Gasteiger partial charge in [0.15, 0.2) is 0 Å². The zero-order chi connectivity index (χ0) is 24.3. The van der Waals surface area contributed by atoms with Gasteiger partial charge in [-0.2, -0.15) is 0 Å². The van der Waals surface area contributed by atoms with Crippen molar-refractivity contribution in [3.63, 3.8) is 0 Å². The van der Waals surface area contributed by atoms with Crippen LogP contribution in [0, 0.1) is 0 Å². The van der Waals surface area contributed by atoms with E-state index in [2.05, 4.69) is 10.0 Å². The molecular formula is C24H22ClN3O5S. The Hall–Kier alpha value is -3.56. The molecule has 2 amide bonds. The minimum Gasteiger partial charge on any atom is -0.495 e. The van der Waals surface area contributed by atoms with Gasteiger partial charge in [-0.05, 0) is 61.0 Å². The Bertz CT molecular complexity index is 1340. The zero-order valence-electron chi connectivity index (χ0n) is 18.2. The summed E-state index contributed by atoms with van der Waals surface area (Å²) in [5, 5.41) is 2.95. The smallest absolute Gasteiger partial charge is 0.265 e. The number of nitrogens with zero attached hydrogens (tertiary/aromatic N) is 1. The van der Waals surface area contributed by atoms with Crippen molar-refractivity contribution in [2.75, 3.05) is 28.6 Å². The molecule has 0 saturated carbocycles. The SMILES string of the molecule is COc1ccc(NC(=O)c2ccc(N3CCCC3=O)cc2)cc1S(=O)(=O)Nc1ccccc1Cl. The molecule has 1 aliphatic heterocycles. The molecule has 0 atom stereocenters. The Morgan fingerprint density at radius 3 is 2.44 bits per heavy atom. The molecule has 0 bridgehead atoms. The summed E-state index contributed by atoms with van der Waals surface area (Å²) in [4.78, 5) is 26.2. The molecule has 4 rings (SSSR count). The van der Waals surface area contributed by atoms with E-state index in [-0.39, 0.29) is 32.9 Å². The van der Waals surface area contributed by atoms with Crippen molar-refractivity contribution in [2.45, 2.75) is 17.7 Å². The second-order valence-corrected chi connectivity index (χ2v) is 9.66. The van der Waals surface area contributed by atoms with Crippen LogP contribution in [-0.2, 0) is 14.8 Å². The molecular weight excluding hydrogens is 478 g/mol. The van der Waals surface area contributed by atoms with Crippen molar-refractivity contribution in [1.29, 1.82) is 0 Å². The van der Waals surface area contributed by atoms with Gasteiger partial charge in [-0.15, -0.1) is 0 Å². The van der Waals surface area contributed by atoms with Crippen molar-refractivity contribution < 1.29 is 22.7 Å².